The minimum Gasteiger partial charge on any atom is -0.508 e. The van der Waals surface area contributed by atoms with E-state index in [1.165, 1.54) is 29.5 Å². The van der Waals surface area contributed by atoms with Crippen LogP contribution in [0.3, 0.4) is 0 Å². The van der Waals surface area contributed by atoms with Crippen LogP contribution in [0.25, 0.3) is 10.6 Å². The van der Waals surface area contributed by atoms with Gasteiger partial charge in [-0.15, -0.1) is 31.8 Å². The van der Waals surface area contributed by atoms with E-state index in [4.69, 9.17) is 11.6 Å². The third-order valence-corrected chi connectivity index (χ3v) is 7.29. The van der Waals surface area contributed by atoms with Gasteiger partial charge in [0.1, 0.15) is 17.2 Å². The normalized spacial score (nSPS) is 12.7. The van der Waals surface area contributed by atoms with Crippen LogP contribution in [-0.4, -0.2) is 20.9 Å². The standard InChI is InChI=1S/C27H20ClN7O2S2/c1-16(17-4-8-19(9-5-17)31-33-22-13-12-21(36)15-23(22)37)30-35-27-29-25(24-3-2-14-38-24)26(39-27)34-32-20-10-6-18(28)7-11-20/h2-15,36-37H,1H3,(H,29,35). The molecule has 0 radical (unpaired) electrons. The molecule has 9 nitrogen and oxygen atoms in total. The van der Waals surface area contributed by atoms with E-state index in [0.717, 1.165) is 16.1 Å². The van der Waals surface area contributed by atoms with Crippen molar-refractivity contribution in [2.24, 2.45) is 30.7 Å². The van der Waals surface area contributed by atoms with Gasteiger partial charge < -0.3 is 15.2 Å². The molecule has 0 amide bonds. The van der Waals surface area contributed by atoms with E-state index in [9.17, 15) is 10.2 Å². The van der Waals surface area contributed by atoms with Gasteiger partial charge in [-0.05, 0) is 72.5 Å². The Labute approximate surface area is 235 Å². The van der Waals surface area contributed by atoms with E-state index in [0.29, 0.717) is 31.9 Å². The molecule has 2 heterocycles. The molecule has 0 spiro atoms. The number of hydrogen-bond donors (Lipinski definition) is 3. The van der Waals surface area contributed by atoms with Crippen LogP contribution < -0.4 is 4.80 Å². The van der Waals surface area contributed by atoms with E-state index < -0.39 is 0 Å². The summed E-state index contributed by atoms with van der Waals surface area (Å²) in [6.45, 7) is 1.86. The highest BCUT2D eigenvalue weighted by molar-refractivity contribution is 7.16. The Balaban J connectivity index is 1.36. The largest absolute Gasteiger partial charge is 0.508 e. The third-order valence-electron chi connectivity index (χ3n) is 5.30. The van der Waals surface area contributed by atoms with Crippen molar-refractivity contribution >= 4 is 62.0 Å². The fraction of sp³-hybridized carbons (Fsp3) is 0.0370. The smallest absolute Gasteiger partial charge is 0.210 e. The lowest BCUT2D eigenvalue weighted by molar-refractivity contribution is 0.451. The fourth-order valence-electron chi connectivity index (χ4n) is 3.30. The number of phenolic OH excluding ortho intramolecular Hbond substituents is 2. The number of nitrogens with one attached hydrogen (secondary N) is 1. The van der Waals surface area contributed by atoms with Crippen LogP contribution >= 0.6 is 34.3 Å². The van der Waals surface area contributed by atoms with Crippen molar-refractivity contribution in [3.63, 3.8) is 0 Å². The number of aromatic nitrogens is 1. The van der Waals surface area contributed by atoms with Crippen molar-refractivity contribution in [1.29, 1.82) is 0 Å². The van der Waals surface area contributed by atoms with Crippen molar-refractivity contribution in [2.45, 2.75) is 6.92 Å². The summed E-state index contributed by atoms with van der Waals surface area (Å²) in [5, 5.41) is 48.3. The summed E-state index contributed by atoms with van der Waals surface area (Å²) >= 11 is 8.91. The highest BCUT2D eigenvalue weighted by Crippen LogP contribution is 2.35. The molecular weight excluding hydrogens is 554 g/mol. The Morgan fingerprint density at radius 2 is 1.56 bits per heavy atom. The summed E-state index contributed by atoms with van der Waals surface area (Å²) in [5.41, 5.74) is 3.95. The molecule has 0 aliphatic rings. The fourth-order valence-corrected chi connectivity index (χ4v) is 4.98. The first kappa shape index (κ1) is 26.2. The van der Waals surface area contributed by atoms with Crippen molar-refractivity contribution < 1.29 is 10.2 Å². The van der Waals surface area contributed by atoms with Crippen LogP contribution in [0.2, 0.25) is 5.02 Å². The molecule has 12 heteroatoms. The molecule has 0 aliphatic heterocycles. The summed E-state index contributed by atoms with van der Waals surface area (Å²) in [5.74, 6) is -0.195. The van der Waals surface area contributed by atoms with Crippen LogP contribution in [0.1, 0.15) is 12.5 Å². The number of phenols is 2. The van der Waals surface area contributed by atoms with Gasteiger partial charge in [-0.2, -0.15) is 10.2 Å². The first-order valence-electron chi connectivity index (χ1n) is 11.5. The minimum absolute atomic E-state index is 0.0440. The first-order chi connectivity index (χ1) is 18.9. The highest BCUT2D eigenvalue weighted by atomic mass is 35.5. The van der Waals surface area contributed by atoms with Gasteiger partial charge in [0.15, 0.2) is 5.00 Å². The van der Waals surface area contributed by atoms with Crippen LogP contribution in [0.4, 0.5) is 22.1 Å². The minimum atomic E-state index is -0.151. The molecular formula is C27H20ClN7O2S2. The molecule has 39 heavy (non-hydrogen) atoms. The van der Waals surface area contributed by atoms with Gasteiger partial charge in [0.05, 0.1) is 27.7 Å². The zero-order chi connectivity index (χ0) is 27.2. The summed E-state index contributed by atoms with van der Waals surface area (Å²) in [6, 6.07) is 22.5. The molecule has 0 fully saturated rings. The van der Waals surface area contributed by atoms with Gasteiger partial charge in [0.25, 0.3) is 0 Å². The lowest BCUT2D eigenvalue weighted by Gasteiger charge is -2.00. The Morgan fingerprint density at radius 1 is 0.846 bits per heavy atom. The lowest BCUT2D eigenvalue weighted by atomic mass is 10.1. The van der Waals surface area contributed by atoms with Crippen LogP contribution in [0, 0.1) is 0 Å². The maximum absolute atomic E-state index is 9.85. The zero-order valence-corrected chi connectivity index (χ0v) is 22.7. The quantitative estimate of drug-likeness (QED) is 0.102. The number of benzene rings is 3. The molecule has 0 bridgehead atoms. The number of nitrogens with zero attached hydrogens (tertiary/aromatic N) is 6. The summed E-state index contributed by atoms with van der Waals surface area (Å²) in [7, 11) is 0. The lowest BCUT2D eigenvalue weighted by Crippen LogP contribution is -1.99. The number of rotatable bonds is 7. The molecule has 5 aromatic rings. The van der Waals surface area contributed by atoms with E-state index in [2.05, 4.69) is 35.6 Å². The maximum atomic E-state index is 9.85. The molecule has 3 N–H and O–H groups in total. The molecule has 0 aliphatic carbocycles. The van der Waals surface area contributed by atoms with Gasteiger partial charge in [-0.1, -0.05) is 41.1 Å². The van der Waals surface area contributed by atoms with Crippen molar-refractivity contribution in [3.8, 4) is 22.1 Å². The number of azo groups is 2. The number of aromatic amines is 1. The SMILES string of the molecule is CC(=NN=c1[nH]c(-c2cccs2)c(N=Nc2ccc(Cl)cc2)s1)c1ccc(N=Nc2ccc(O)cc2O)cc1. The molecule has 194 valence electrons. The molecule has 0 unspecified atom stereocenters. The second-order valence-electron chi connectivity index (χ2n) is 8.07. The second kappa shape index (κ2) is 11.9. The summed E-state index contributed by atoms with van der Waals surface area (Å²) in [4.78, 5) is 4.91. The van der Waals surface area contributed by atoms with E-state index >= 15 is 0 Å². The average molecular weight is 574 g/mol. The van der Waals surface area contributed by atoms with E-state index in [1.807, 2.05) is 36.6 Å². The number of aromatic hydroxyl groups is 2. The monoisotopic (exact) mass is 573 g/mol. The van der Waals surface area contributed by atoms with Crippen LogP contribution in [0.15, 0.2) is 115 Å². The van der Waals surface area contributed by atoms with Gasteiger partial charge in [0.2, 0.25) is 4.80 Å². The number of H-pyrrole nitrogens is 1. The number of hydrogen-bond acceptors (Lipinski definition) is 10. The molecule has 3 aromatic carbocycles. The molecule has 0 saturated carbocycles. The number of halogens is 1. The number of thiophene rings is 1. The molecule has 5 rings (SSSR count). The van der Waals surface area contributed by atoms with E-state index in [-0.39, 0.29) is 17.2 Å². The average Bonchev–Trinajstić information content (AvgIpc) is 3.61. The van der Waals surface area contributed by atoms with Crippen LogP contribution in [0.5, 0.6) is 11.5 Å². The predicted octanol–water partition coefficient (Wildman–Crippen LogP) is 9.02. The van der Waals surface area contributed by atoms with E-state index in [1.54, 1.807) is 47.7 Å². The van der Waals surface area contributed by atoms with Crippen molar-refractivity contribution in [1.82, 2.24) is 4.98 Å². The topological polar surface area (TPSA) is 130 Å². The zero-order valence-electron chi connectivity index (χ0n) is 20.4. The summed E-state index contributed by atoms with van der Waals surface area (Å²) in [6.07, 6.45) is 0. The van der Waals surface area contributed by atoms with Crippen molar-refractivity contribution in [2.75, 3.05) is 0 Å². The second-order valence-corrected chi connectivity index (χ2v) is 10.4. The Morgan fingerprint density at radius 3 is 2.26 bits per heavy atom. The predicted molar refractivity (Wildman–Crippen MR) is 156 cm³/mol. The summed E-state index contributed by atoms with van der Waals surface area (Å²) < 4.78 is 0. The molecule has 0 atom stereocenters. The maximum Gasteiger partial charge on any atom is 0.210 e. The van der Waals surface area contributed by atoms with Crippen LogP contribution in [-0.2, 0) is 0 Å². The Bertz CT molecular complexity index is 1740. The Hall–Kier alpha value is -4.45. The van der Waals surface area contributed by atoms with Gasteiger partial charge in [-0.3, -0.25) is 0 Å². The first-order valence-corrected chi connectivity index (χ1v) is 13.6. The van der Waals surface area contributed by atoms with Gasteiger partial charge >= 0.3 is 0 Å². The Kier molecular flexibility index (Phi) is 8.02. The van der Waals surface area contributed by atoms with Gasteiger partial charge in [-0.25, -0.2) is 0 Å². The number of thiazole rings is 1. The van der Waals surface area contributed by atoms with Gasteiger partial charge in [0, 0.05) is 11.1 Å². The molecule has 2 aromatic heterocycles. The van der Waals surface area contributed by atoms with Crippen molar-refractivity contribution in [3.05, 3.63) is 99.6 Å². The highest BCUT2D eigenvalue weighted by Gasteiger charge is 2.10. The molecule has 0 saturated heterocycles. The third kappa shape index (κ3) is 6.71.